The SMILES string of the molecule is C/C(=C/Cl)CNc1cccc(C)c1Br. The third kappa shape index (κ3) is 3.03. The lowest BCUT2D eigenvalue weighted by Crippen LogP contribution is -2.03. The number of anilines is 1. The van der Waals surface area contributed by atoms with Crippen molar-refractivity contribution in [1.82, 2.24) is 0 Å². The highest BCUT2D eigenvalue weighted by Gasteiger charge is 2.00. The average molecular weight is 275 g/mol. The molecular weight excluding hydrogens is 261 g/mol. The fraction of sp³-hybridized carbons (Fsp3) is 0.273. The van der Waals surface area contributed by atoms with Crippen molar-refractivity contribution >= 4 is 33.2 Å². The van der Waals surface area contributed by atoms with Gasteiger partial charge in [0.05, 0.1) is 0 Å². The number of halogens is 2. The van der Waals surface area contributed by atoms with Crippen molar-refractivity contribution in [3.63, 3.8) is 0 Å². The highest BCUT2D eigenvalue weighted by Crippen LogP contribution is 2.25. The van der Waals surface area contributed by atoms with Crippen LogP contribution in [0.2, 0.25) is 0 Å². The van der Waals surface area contributed by atoms with Crippen LogP contribution in [0, 0.1) is 6.92 Å². The molecule has 1 aromatic rings. The van der Waals surface area contributed by atoms with Crippen molar-refractivity contribution in [3.05, 3.63) is 39.3 Å². The Morgan fingerprint density at radius 1 is 1.57 bits per heavy atom. The highest BCUT2D eigenvalue weighted by molar-refractivity contribution is 9.10. The molecular formula is C11H13BrClN. The lowest BCUT2D eigenvalue weighted by molar-refractivity contribution is 1.20. The lowest BCUT2D eigenvalue weighted by Gasteiger charge is -2.09. The van der Waals surface area contributed by atoms with Gasteiger partial charge in [0.25, 0.3) is 0 Å². The van der Waals surface area contributed by atoms with E-state index in [-0.39, 0.29) is 0 Å². The van der Waals surface area contributed by atoms with E-state index in [9.17, 15) is 0 Å². The van der Waals surface area contributed by atoms with Crippen LogP contribution in [0.4, 0.5) is 5.69 Å². The molecule has 0 radical (unpaired) electrons. The van der Waals surface area contributed by atoms with Crippen molar-refractivity contribution in [3.8, 4) is 0 Å². The van der Waals surface area contributed by atoms with Crippen molar-refractivity contribution in [2.24, 2.45) is 0 Å². The first-order valence-corrected chi connectivity index (χ1v) is 5.63. The van der Waals surface area contributed by atoms with Crippen molar-refractivity contribution in [2.45, 2.75) is 13.8 Å². The van der Waals surface area contributed by atoms with Crippen LogP contribution in [0.3, 0.4) is 0 Å². The normalized spacial score (nSPS) is 11.6. The molecule has 0 saturated heterocycles. The summed E-state index contributed by atoms with van der Waals surface area (Å²) in [7, 11) is 0. The molecule has 0 aliphatic heterocycles. The number of nitrogens with one attached hydrogen (secondary N) is 1. The zero-order chi connectivity index (χ0) is 10.6. The minimum atomic E-state index is 0.769. The van der Waals surface area contributed by atoms with Gasteiger partial charge in [0.2, 0.25) is 0 Å². The Morgan fingerprint density at radius 2 is 2.29 bits per heavy atom. The van der Waals surface area contributed by atoms with Gasteiger partial charge in [-0.1, -0.05) is 23.7 Å². The van der Waals surface area contributed by atoms with Gasteiger partial charge in [0, 0.05) is 22.2 Å². The smallest absolute Gasteiger partial charge is 0.0489 e. The summed E-state index contributed by atoms with van der Waals surface area (Å²) in [6.45, 7) is 4.83. The predicted octanol–water partition coefficient (Wildman–Crippen LogP) is 4.31. The molecule has 0 fully saturated rings. The van der Waals surface area contributed by atoms with Crippen molar-refractivity contribution in [1.29, 1.82) is 0 Å². The summed E-state index contributed by atoms with van der Waals surface area (Å²) in [5.74, 6) is 0. The molecule has 0 saturated carbocycles. The van der Waals surface area contributed by atoms with E-state index in [0.29, 0.717) is 0 Å². The van der Waals surface area contributed by atoms with Gasteiger partial charge in [-0.3, -0.25) is 0 Å². The maximum atomic E-state index is 5.58. The van der Waals surface area contributed by atoms with Gasteiger partial charge >= 0.3 is 0 Å². The van der Waals surface area contributed by atoms with Crippen molar-refractivity contribution < 1.29 is 0 Å². The Balaban J connectivity index is 2.73. The molecule has 0 bridgehead atoms. The summed E-state index contributed by atoms with van der Waals surface area (Å²) in [5.41, 5.74) is 5.03. The molecule has 1 N–H and O–H groups in total. The highest BCUT2D eigenvalue weighted by atomic mass is 79.9. The second kappa shape index (κ2) is 5.42. The Kier molecular flexibility index (Phi) is 4.49. The summed E-state index contributed by atoms with van der Waals surface area (Å²) >= 11 is 9.11. The van der Waals surface area contributed by atoms with Gasteiger partial charge in [-0.15, -0.1) is 0 Å². The van der Waals surface area contributed by atoms with E-state index in [4.69, 9.17) is 11.6 Å². The van der Waals surface area contributed by atoms with Gasteiger partial charge in [-0.05, 0) is 47.0 Å². The van der Waals surface area contributed by atoms with Gasteiger partial charge in [-0.2, -0.15) is 0 Å². The second-order valence-electron chi connectivity index (χ2n) is 3.25. The van der Waals surface area contributed by atoms with Crippen molar-refractivity contribution in [2.75, 3.05) is 11.9 Å². The Morgan fingerprint density at radius 3 is 2.93 bits per heavy atom. The topological polar surface area (TPSA) is 12.0 Å². The molecule has 0 aromatic heterocycles. The third-order valence-corrected chi connectivity index (χ3v) is 3.36. The van der Waals surface area contributed by atoms with E-state index in [2.05, 4.69) is 34.2 Å². The monoisotopic (exact) mass is 273 g/mol. The number of benzene rings is 1. The summed E-state index contributed by atoms with van der Waals surface area (Å²) < 4.78 is 1.11. The maximum Gasteiger partial charge on any atom is 0.0489 e. The average Bonchev–Trinajstić information content (AvgIpc) is 2.20. The molecule has 0 spiro atoms. The van der Waals surface area contributed by atoms with Crippen LogP contribution in [0.25, 0.3) is 0 Å². The lowest BCUT2D eigenvalue weighted by atomic mass is 10.2. The van der Waals surface area contributed by atoms with Gasteiger partial charge in [-0.25, -0.2) is 0 Å². The molecule has 0 heterocycles. The first-order chi connectivity index (χ1) is 6.65. The van der Waals surface area contributed by atoms with Gasteiger partial charge in [0.1, 0.15) is 0 Å². The maximum absolute atomic E-state index is 5.58. The minimum Gasteiger partial charge on any atom is -0.380 e. The van der Waals surface area contributed by atoms with Crippen LogP contribution in [-0.2, 0) is 0 Å². The molecule has 0 aliphatic rings. The molecule has 1 aromatic carbocycles. The second-order valence-corrected chi connectivity index (χ2v) is 4.26. The Bertz CT molecular complexity index is 347. The molecule has 3 heteroatoms. The van der Waals surface area contributed by atoms with Crippen LogP contribution in [0.1, 0.15) is 12.5 Å². The fourth-order valence-electron chi connectivity index (χ4n) is 1.06. The summed E-state index contributed by atoms with van der Waals surface area (Å²) in [4.78, 5) is 0. The molecule has 1 rings (SSSR count). The first-order valence-electron chi connectivity index (χ1n) is 4.40. The van der Waals surface area contributed by atoms with E-state index in [1.807, 2.05) is 19.1 Å². The molecule has 14 heavy (non-hydrogen) atoms. The quantitative estimate of drug-likeness (QED) is 0.866. The number of aryl methyl sites for hydroxylation is 1. The molecule has 0 atom stereocenters. The standard InChI is InChI=1S/C11H13BrClN/c1-8(6-13)7-14-10-5-3-4-9(2)11(10)12/h3-6,14H,7H2,1-2H3/b8-6-. The predicted molar refractivity (Wildman–Crippen MR) is 67.0 cm³/mol. The van der Waals surface area contributed by atoms with Crippen LogP contribution in [0.5, 0.6) is 0 Å². The molecule has 0 unspecified atom stereocenters. The van der Waals surface area contributed by atoms with Gasteiger partial charge in [0.15, 0.2) is 0 Å². The third-order valence-electron chi connectivity index (χ3n) is 1.94. The van der Waals surface area contributed by atoms with Crippen LogP contribution < -0.4 is 5.32 Å². The van der Waals surface area contributed by atoms with E-state index in [0.717, 1.165) is 22.3 Å². The number of rotatable bonds is 3. The van der Waals surface area contributed by atoms with Gasteiger partial charge < -0.3 is 5.32 Å². The first kappa shape index (κ1) is 11.6. The van der Waals surface area contributed by atoms with Crippen LogP contribution in [0.15, 0.2) is 33.8 Å². The summed E-state index contributed by atoms with van der Waals surface area (Å²) in [6, 6.07) is 6.14. The Labute approximate surface area is 98.3 Å². The molecule has 0 amide bonds. The fourth-order valence-corrected chi connectivity index (χ4v) is 1.54. The zero-order valence-corrected chi connectivity index (χ0v) is 10.6. The molecule has 0 aliphatic carbocycles. The summed E-state index contributed by atoms with van der Waals surface area (Å²) in [5, 5.41) is 3.30. The number of hydrogen-bond donors (Lipinski definition) is 1. The van der Waals surface area contributed by atoms with E-state index in [1.54, 1.807) is 5.54 Å². The van der Waals surface area contributed by atoms with Crippen LogP contribution in [-0.4, -0.2) is 6.54 Å². The Hall–Kier alpha value is -0.470. The largest absolute Gasteiger partial charge is 0.380 e. The molecule has 1 nitrogen and oxygen atoms in total. The number of hydrogen-bond acceptors (Lipinski definition) is 1. The summed E-state index contributed by atoms with van der Waals surface area (Å²) in [6.07, 6.45) is 0. The van der Waals surface area contributed by atoms with Crippen LogP contribution >= 0.6 is 27.5 Å². The minimum absolute atomic E-state index is 0.769. The van der Waals surface area contributed by atoms with E-state index in [1.165, 1.54) is 5.56 Å². The van der Waals surface area contributed by atoms with E-state index >= 15 is 0 Å². The zero-order valence-electron chi connectivity index (χ0n) is 8.27. The molecule has 76 valence electrons. The van der Waals surface area contributed by atoms with E-state index < -0.39 is 0 Å².